The van der Waals surface area contributed by atoms with Gasteiger partial charge in [-0.05, 0) is 26.2 Å². The molecule has 0 aromatic rings. The third-order valence-corrected chi connectivity index (χ3v) is 4.21. The van der Waals surface area contributed by atoms with Crippen LogP contribution in [-0.2, 0) is 14.6 Å². The summed E-state index contributed by atoms with van der Waals surface area (Å²) in [5.74, 6) is -1.10. The topological polar surface area (TPSA) is 113 Å². The van der Waals surface area contributed by atoms with Crippen molar-refractivity contribution in [3.63, 3.8) is 0 Å². The lowest BCUT2D eigenvalue weighted by Gasteiger charge is -2.41. The minimum atomic E-state index is -3.16. The van der Waals surface area contributed by atoms with Gasteiger partial charge in [0.2, 0.25) is 0 Å². The highest BCUT2D eigenvalue weighted by Gasteiger charge is 2.40. The smallest absolute Gasteiger partial charge is 0.315 e. The van der Waals surface area contributed by atoms with Gasteiger partial charge in [-0.1, -0.05) is 0 Å². The Morgan fingerprint density at radius 2 is 1.95 bits per heavy atom. The van der Waals surface area contributed by atoms with Crippen LogP contribution in [0.5, 0.6) is 0 Å². The summed E-state index contributed by atoms with van der Waals surface area (Å²) in [7, 11) is -3.16. The molecule has 1 unspecified atom stereocenters. The fourth-order valence-corrected chi connectivity index (χ4v) is 3.23. The summed E-state index contributed by atoms with van der Waals surface area (Å²) in [6.45, 7) is 1.59. The van der Waals surface area contributed by atoms with Crippen molar-refractivity contribution in [1.29, 1.82) is 0 Å². The molecule has 1 fully saturated rings. The van der Waals surface area contributed by atoms with Crippen LogP contribution >= 0.6 is 0 Å². The molecule has 1 aliphatic rings. The van der Waals surface area contributed by atoms with Gasteiger partial charge in [-0.3, -0.25) is 4.79 Å². The number of carbonyl (C=O) groups is 2. The fourth-order valence-electron chi connectivity index (χ4n) is 2.24. The van der Waals surface area contributed by atoms with Gasteiger partial charge in [0.25, 0.3) is 0 Å². The van der Waals surface area contributed by atoms with Crippen molar-refractivity contribution in [2.75, 3.05) is 12.0 Å². The number of hydrogen-bond donors (Lipinski definition) is 3. The van der Waals surface area contributed by atoms with Crippen molar-refractivity contribution < 1.29 is 23.1 Å². The normalized spacial score (nSPS) is 19.1. The van der Waals surface area contributed by atoms with Gasteiger partial charge in [0.05, 0.1) is 17.7 Å². The number of urea groups is 1. The molecule has 2 amide bonds. The first kappa shape index (κ1) is 15.7. The van der Waals surface area contributed by atoms with Gasteiger partial charge in [-0.25, -0.2) is 13.2 Å². The SMILES string of the molecule is CC(CS(C)(=O)=O)NC(=O)NC1(CC(=O)O)CCC1. The molecule has 7 nitrogen and oxygen atoms in total. The predicted molar refractivity (Wildman–Crippen MR) is 69.7 cm³/mol. The lowest BCUT2D eigenvalue weighted by molar-refractivity contribution is -0.139. The van der Waals surface area contributed by atoms with Crippen molar-refractivity contribution in [2.45, 2.75) is 44.2 Å². The molecule has 0 radical (unpaired) electrons. The van der Waals surface area contributed by atoms with E-state index in [1.54, 1.807) is 6.92 Å². The molecule has 8 heteroatoms. The van der Waals surface area contributed by atoms with Crippen molar-refractivity contribution in [3.8, 4) is 0 Å². The van der Waals surface area contributed by atoms with E-state index in [0.717, 1.165) is 12.7 Å². The number of hydrogen-bond acceptors (Lipinski definition) is 4. The van der Waals surface area contributed by atoms with E-state index in [1.165, 1.54) is 0 Å². The summed E-state index contributed by atoms with van der Waals surface area (Å²) < 4.78 is 22.1. The first-order valence-electron chi connectivity index (χ1n) is 6.10. The van der Waals surface area contributed by atoms with E-state index in [1.807, 2.05) is 0 Å². The van der Waals surface area contributed by atoms with E-state index in [2.05, 4.69) is 10.6 Å². The molecule has 110 valence electrons. The van der Waals surface area contributed by atoms with Gasteiger partial charge in [0.15, 0.2) is 0 Å². The molecule has 0 spiro atoms. The molecule has 0 aromatic carbocycles. The Labute approximate surface area is 112 Å². The summed E-state index contributed by atoms with van der Waals surface area (Å²) >= 11 is 0. The van der Waals surface area contributed by atoms with Crippen LogP contribution in [-0.4, -0.2) is 49.1 Å². The molecule has 1 saturated carbocycles. The van der Waals surface area contributed by atoms with E-state index >= 15 is 0 Å². The number of carboxylic acid groups (broad SMARTS) is 1. The van der Waals surface area contributed by atoms with Crippen LogP contribution in [0.1, 0.15) is 32.6 Å². The molecular formula is C11H20N2O5S. The maximum atomic E-state index is 11.7. The molecule has 0 aromatic heterocycles. The number of aliphatic carboxylic acids is 1. The standard InChI is InChI=1S/C11H20N2O5S/c1-8(7-19(2,17)18)12-10(16)13-11(4-3-5-11)6-9(14)15/h8H,3-7H2,1-2H3,(H,14,15)(H2,12,13,16). The van der Waals surface area contributed by atoms with Crippen molar-refractivity contribution in [1.82, 2.24) is 10.6 Å². The van der Waals surface area contributed by atoms with Crippen molar-refractivity contribution in [2.24, 2.45) is 0 Å². The van der Waals surface area contributed by atoms with Crippen molar-refractivity contribution >= 4 is 21.8 Å². The minimum absolute atomic E-state index is 0.110. The van der Waals surface area contributed by atoms with Gasteiger partial charge in [-0.2, -0.15) is 0 Å². The molecule has 1 rings (SSSR count). The van der Waals surface area contributed by atoms with Crippen molar-refractivity contribution in [3.05, 3.63) is 0 Å². The van der Waals surface area contributed by atoms with Crippen LogP contribution in [0.2, 0.25) is 0 Å². The Kier molecular flexibility index (Phi) is 4.78. The quantitative estimate of drug-likeness (QED) is 0.643. The zero-order valence-corrected chi connectivity index (χ0v) is 11.9. The lowest BCUT2D eigenvalue weighted by Crippen LogP contribution is -2.58. The number of sulfone groups is 1. The Balaban J connectivity index is 2.48. The highest BCUT2D eigenvalue weighted by Crippen LogP contribution is 2.34. The second-order valence-electron chi connectivity index (χ2n) is 5.30. The van der Waals surface area contributed by atoms with E-state index in [4.69, 9.17) is 5.11 Å². The third-order valence-electron chi connectivity index (χ3n) is 3.11. The fraction of sp³-hybridized carbons (Fsp3) is 0.818. The molecule has 0 bridgehead atoms. The minimum Gasteiger partial charge on any atom is -0.481 e. The zero-order valence-electron chi connectivity index (χ0n) is 11.1. The molecule has 1 atom stereocenters. The third kappa shape index (κ3) is 5.46. The summed E-state index contributed by atoms with van der Waals surface area (Å²) in [4.78, 5) is 22.5. The monoisotopic (exact) mass is 292 g/mol. The number of carbonyl (C=O) groups excluding carboxylic acids is 1. The molecule has 19 heavy (non-hydrogen) atoms. The summed E-state index contributed by atoms with van der Waals surface area (Å²) in [5, 5.41) is 14.0. The Hall–Kier alpha value is -1.31. The van der Waals surface area contributed by atoms with Crippen LogP contribution in [0.15, 0.2) is 0 Å². The van der Waals surface area contributed by atoms with Gasteiger partial charge in [0.1, 0.15) is 9.84 Å². The zero-order chi connectivity index (χ0) is 14.7. The maximum Gasteiger partial charge on any atom is 0.315 e. The molecular weight excluding hydrogens is 272 g/mol. The van der Waals surface area contributed by atoms with Crippen LogP contribution < -0.4 is 10.6 Å². The molecule has 1 aliphatic carbocycles. The van der Waals surface area contributed by atoms with Gasteiger partial charge in [-0.15, -0.1) is 0 Å². The average molecular weight is 292 g/mol. The molecule has 0 saturated heterocycles. The average Bonchev–Trinajstić information content (AvgIpc) is 2.09. The van der Waals surface area contributed by atoms with Crippen LogP contribution in [0.3, 0.4) is 0 Å². The second kappa shape index (κ2) is 5.77. The molecule has 3 N–H and O–H groups in total. The van der Waals surface area contributed by atoms with E-state index < -0.39 is 33.4 Å². The van der Waals surface area contributed by atoms with Crippen LogP contribution in [0.4, 0.5) is 4.79 Å². The highest BCUT2D eigenvalue weighted by atomic mass is 32.2. The first-order valence-corrected chi connectivity index (χ1v) is 8.16. The van der Waals surface area contributed by atoms with E-state index in [0.29, 0.717) is 12.8 Å². The van der Waals surface area contributed by atoms with Gasteiger partial charge < -0.3 is 15.7 Å². The number of carboxylic acids is 1. The van der Waals surface area contributed by atoms with Gasteiger partial charge in [0, 0.05) is 12.3 Å². The first-order chi connectivity index (χ1) is 8.62. The second-order valence-corrected chi connectivity index (χ2v) is 7.48. The van der Waals surface area contributed by atoms with Gasteiger partial charge >= 0.3 is 12.0 Å². The highest BCUT2D eigenvalue weighted by molar-refractivity contribution is 7.90. The Bertz CT molecular complexity index is 456. The number of rotatable bonds is 6. The predicted octanol–water partition coefficient (Wildman–Crippen LogP) is 0.116. The Morgan fingerprint density at radius 1 is 1.37 bits per heavy atom. The molecule has 0 aliphatic heterocycles. The van der Waals surface area contributed by atoms with Crippen LogP contribution in [0.25, 0.3) is 0 Å². The summed E-state index contributed by atoms with van der Waals surface area (Å²) in [6.07, 6.45) is 3.13. The summed E-state index contributed by atoms with van der Waals surface area (Å²) in [5.41, 5.74) is -0.680. The Morgan fingerprint density at radius 3 is 2.32 bits per heavy atom. The van der Waals surface area contributed by atoms with E-state index in [-0.39, 0.29) is 12.2 Å². The number of nitrogens with one attached hydrogen (secondary N) is 2. The number of amides is 2. The van der Waals surface area contributed by atoms with Crippen LogP contribution in [0, 0.1) is 0 Å². The molecule has 0 heterocycles. The largest absolute Gasteiger partial charge is 0.481 e. The summed E-state index contributed by atoms with van der Waals surface area (Å²) in [6, 6.07) is -1.03. The maximum absolute atomic E-state index is 11.7. The van der Waals surface area contributed by atoms with E-state index in [9.17, 15) is 18.0 Å². The lowest BCUT2D eigenvalue weighted by atomic mass is 9.74.